The lowest BCUT2D eigenvalue weighted by Crippen LogP contribution is -2.33. The van der Waals surface area contributed by atoms with E-state index in [4.69, 9.17) is 21.2 Å². The summed E-state index contributed by atoms with van der Waals surface area (Å²) in [5.41, 5.74) is 1.39. The number of amides is 1. The molecule has 0 saturated heterocycles. The third-order valence-corrected chi connectivity index (χ3v) is 1.69. The number of hydrogen-bond donors (Lipinski definition) is 1. The van der Waals surface area contributed by atoms with Crippen molar-refractivity contribution in [2.75, 3.05) is 0 Å². The lowest BCUT2D eigenvalue weighted by molar-refractivity contribution is -0.249. The summed E-state index contributed by atoms with van der Waals surface area (Å²) in [4.78, 5) is 20.4. The maximum atomic E-state index is 11.2. The molecule has 0 radical (unpaired) electrons. The zero-order valence-corrected chi connectivity index (χ0v) is 10.6. The van der Waals surface area contributed by atoms with Gasteiger partial charge in [0, 0.05) is 11.1 Å². The van der Waals surface area contributed by atoms with Crippen molar-refractivity contribution in [3.63, 3.8) is 0 Å². The number of hydrogen-bond acceptors (Lipinski definition) is 4. The van der Waals surface area contributed by atoms with Crippen molar-refractivity contribution in [1.29, 1.82) is 0 Å². The van der Waals surface area contributed by atoms with Crippen LogP contribution in [0.3, 0.4) is 0 Å². The quantitative estimate of drug-likeness (QED) is 0.669. The number of carbonyl (C=O) groups excluding carboxylic acids is 1. The molecule has 1 N–H and O–H groups in total. The molecule has 0 spiro atoms. The largest absolute Gasteiger partial charge is 0.442 e. The van der Waals surface area contributed by atoms with E-state index in [1.54, 1.807) is 45.0 Å². The van der Waals surface area contributed by atoms with Gasteiger partial charge in [0.25, 0.3) is 0 Å². The van der Waals surface area contributed by atoms with Crippen LogP contribution in [0.25, 0.3) is 0 Å². The Morgan fingerprint density at radius 1 is 1.35 bits per heavy atom. The third-order valence-electron chi connectivity index (χ3n) is 1.46. The van der Waals surface area contributed by atoms with Crippen molar-refractivity contribution >= 4 is 17.7 Å². The van der Waals surface area contributed by atoms with Crippen LogP contribution in [-0.4, -0.2) is 11.7 Å². The number of hydroxylamine groups is 1. The first kappa shape index (κ1) is 13.6. The molecule has 0 aliphatic rings. The summed E-state index contributed by atoms with van der Waals surface area (Å²) in [5.74, 6) is 0.369. The van der Waals surface area contributed by atoms with Crippen LogP contribution in [0.4, 0.5) is 4.79 Å². The number of ether oxygens (including phenoxy) is 1. The van der Waals surface area contributed by atoms with Crippen molar-refractivity contribution in [3.8, 4) is 5.75 Å². The van der Waals surface area contributed by atoms with Crippen LogP contribution in [0, 0.1) is 0 Å². The van der Waals surface area contributed by atoms with E-state index >= 15 is 0 Å². The van der Waals surface area contributed by atoms with Crippen LogP contribution in [0.5, 0.6) is 5.75 Å². The van der Waals surface area contributed by atoms with Gasteiger partial charge < -0.3 is 9.62 Å². The Morgan fingerprint density at radius 3 is 2.65 bits per heavy atom. The van der Waals surface area contributed by atoms with Gasteiger partial charge in [-0.05, 0) is 32.9 Å². The van der Waals surface area contributed by atoms with E-state index in [2.05, 4.69) is 4.99 Å². The molecule has 5 nitrogen and oxygen atoms in total. The van der Waals surface area contributed by atoms with Gasteiger partial charge in [0.05, 0.1) is 0 Å². The van der Waals surface area contributed by atoms with Gasteiger partial charge >= 0.3 is 6.09 Å². The Hall–Kier alpha value is -1.46. The second-order valence-corrected chi connectivity index (χ2v) is 4.66. The summed E-state index contributed by atoms with van der Waals surface area (Å²) in [6, 6.07) is 6.55. The molecule has 17 heavy (non-hydrogen) atoms. The van der Waals surface area contributed by atoms with Gasteiger partial charge in [-0.3, -0.25) is 0 Å². The topological polar surface area (TPSA) is 56.8 Å². The minimum absolute atomic E-state index is 0.369. The normalized spacial score (nSPS) is 10.8. The molecule has 1 aromatic carbocycles. The lowest BCUT2D eigenvalue weighted by Gasteiger charge is -2.18. The maximum absolute atomic E-state index is 11.2. The fraction of sp³-hybridized carbons (Fsp3) is 0.364. The van der Waals surface area contributed by atoms with Crippen LogP contribution < -0.4 is 10.4 Å². The maximum Gasteiger partial charge on any atom is 0.435 e. The monoisotopic (exact) mass is 259 g/mol. The molecule has 0 heterocycles. The highest BCUT2D eigenvalue weighted by Crippen LogP contribution is 2.16. The molecule has 0 unspecified atom stereocenters. The van der Waals surface area contributed by atoms with Crippen LogP contribution in [0.15, 0.2) is 24.3 Å². The van der Waals surface area contributed by atoms with Gasteiger partial charge in [-0.15, -0.1) is 0 Å². The van der Waals surface area contributed by atoms with Gasteiger partial charge in [-0.1, -0.05) is 22.7 Å². The number of benzene rings is 1. The molecule has 0 bridgehead atoms. The van der Waals surface area contributed by atoms with E-state index < -0.39 is 11.7 Å². The molecule has 1 rings (SSSR count). The van der Waals surface area contributed by atoms with Crippen molar-refractivity contribution in [2.24, 2.45) is 0 Å². The lowest BCUT2D eigenvalue weighted by atomic mass is 10.2. The van der Waals surface area contributed by atoms with E-state index in [0.717, 1.165) is 0 Å². The minimum atomic E-state index is -0.737. The summed E-state index contributed by atoms with van der Waals surface area (Å²) in [7, 11) is 0. The van der Waals surface area contributed by atoms with Crippen LogP contribution in [0.1, 0.15) is 20.8 Å². The van der Waals surface area contributed by atoms with E-state index in [-0.39, 0.29) is 0 Å². The summed E-state index contributed by atoms with van der Waals surface area (Å²) in [5, 5.41) is 0.503. The molecule has 0 aliphatic carbocycles. The molecular formula is C11H14ClNO4. The Labute approximate surface area is 104 Å². The van der Waals surface area contributed by atoms with Crippen molar-refractivity contribution in [3.05, 3.63) is 29.3 Å². The Morgan fingerprint density at radius 2 is 2.06 bits per heavy atom. The van der Waals surface area contributed by atoms with Crippen LogP contribution in [-0.2, 0) is 9.73 Å². The molecule has 94 valence electrons. The van der Waals surface area contributed by atoms with E-state index in [1.165, 1.54) is 0 Å². The molecule has 1 amide bonds. The highest BCUT2D eigenvalue weighted by Gasteiger charge is 2.16. The minimum Gasteiger partial charge on any atom is -0.442 e. The highest BCUT2D eigenvalue weighted by molar-refractivity contribution is 6.30. The molecule has 6 heteroatoms. The van der Waals surface area contributed by atoms with Crippen LogP contribution in [0.2, 0.25) is 5.02 Å². The SMILES string of the molecule is CC(C)(C)OC(=O)NOOc1cccc(Cl)c1. The standard InChI is InChI=1S/C11H14ClNO4/c1-11(2,3)15-10(14)13-17-16-9-6-4-5-8(12)7-9/h4-7H,1-3H3,(H,13,14). The Balaban J connectivity index is 2.31. The molecule has 0 aromatic heterocycles. The zero-order chi connectivity index (χ0) is 12.9. The summed E-state index contributed by atoms with van der Waals surface area (Å²) in [6.45, 7) is 5.22. The Kier molecular flexibility index (Phi) is 4.60. The predicted octanol–water partition coefficient (Wildman–Crippen LogP) is 3.09. The number of rotatable bonds is 3. The first-order valence-corrected chi connectivity index (χ1v) is 5.33. The molecule has 0 fully saturated rings. The second-order valence-electron chi connectivity index (χ2n) is 4.23. The van der Waals surface area contributed by atoms with Gasteiger partial charge in [0.2, 0.25) is 0 Å². The molecule has 0 saturated carbocycles. The fourth-order valence-corrected chi connectivity index (χ4v) is 1.10. The molecular weight excluding hydrogens is 246 g/mol. The van der Waals surface area contributed by atoms with Gasteiger partial charge in [0.15, 0.2) is 5.75 Å². The van der Waals surface area contributed by atoms with Crippen LogP contribution >= 0.6 is 11.6 Å². The Bertz CT molecular complexity index is 389. The highest BCUT2D eigenvalue weighted by atomic mass is 35.5. The van der Waals surface area contributed by atoms with Gasteiger partial charge in [0.1, 0.15) is 5.60 Å². The molecule has 1 aromatic rings. The van der Waals surface area contributed by atoms with Crippen molar-refractivity contribution < 1.29 is 19.4 Å². The summed E-state index contributed by atoms with van der Waals surface area (Å²) < 4.78 is 4.92. The summed E-state index contributed by atoms with van der Waals surface area (Å²) >= 11 is 5.73. The van der Waals surface area contributed by atoms with Gasteiger partial charge in [-0.25, -0.2) is 4.79 Å². The third kappa shape index (κ3) is 5.99. The number of nitrogens with one attached hydrogen (secondary N) is 1. The molecule has 0 aliphatic heterocycles. The van der Waals surface area contributed by atoms with E-state index in [1.807, 2.05) is 5.48 Å². The van der Waals surface area contributed by atoms with E-state index in [9.17, 15) is 4.79 Å². The van der Waals surface area contributed by atoms with Gasteiger partial charge in [-0.2, -0.15) is 5.48 Å². The average Bonchev–Trinajstić information content (AvgIpc) is 2.14. The number of carbonyl (C=O) groups is 1. The van der Waals surface area contributed by atoms with Crippen molar-refractivity contribution in [1.82, 2.24) is 5.48 Å². The zero-order valence-electron chi connectivity index (χ0n) is 9.82. The molecule has 0 atom stereocenters. The predicted molar refractivity (Wildman–Crippen MR) is 62.5 cm³/mol. The van der Waals surface area contributed by atoms with Crippen molar-refractivity contribution in [2.45, 2.75) is 26.4 Å². The fourth-order valence-electron chi connectivity index (χ4n) is 0.921. The first-order chi connectivity index (χ1) is 7.87. The first-order valence-electron chi connectivity index (χ1n) is 4.95. The smallest absolute Gasteiger partial charge is 0.435 e. The summed E-state index contributed by atoms with van der Waals surface area (Å²) in [6.07, 6.45) is -0.737. The number of halogens is 1. The second kappa shape index (κ2) is 5.75. The van der Waals surface area contributed by atoms with E-state index in [0.29, 0.717) is 10.8 Å². The average molecular weight is 260 g/mol.